The second kappa shape index (κ2) is 7.73. The Balaban J connectivity index is 1.83. The van der Waals surface area contributed by atoms with Crippen molar-refractivity contribution in [3.63, 3.8) is 0 Å². The topological polar surface area (TPSA) is 48.0 Å². The first-order valence-electron chi connectivity index (χ1n) is 9.58. The molecule has 4 aromatic rings. The van der Waals surface area contributed by atoms with Crippen molar-refractivity contribution < 1.29 is 4.79 Å². The number of carbonyl (C=O) groups excluding carboxylic acids is 1. The van der Waals surface area contributed by atoms with E-state index in [0.717, 1.165) is 17.7 Å². The van der Waals surface area contributed by atoms with Crippen LogP contribution in [0.25, 0.3) is 10.9 Å². The zero-order valence-corrected chi connectivity index (χ0v) is 16.0. The predicted octanol–water partition coefficient (Wildman–Crippen LogP) is 5.01. The van der Waals surface area contributed by atoms with Crippen molar-refractivity contribution in [2.75, 3.05) is 0 Å². The highest BCUT2D eigenvalue weighted by Crippen LogP contribution is 2.35. The van der Waals surface area contributed by atoms with Gasteiger partial charge < -0.3 is 10.3 Å². The number of carbonyl (C=O) groups is 1. The van der Waals surface area contributed by atoms with Gasteiger partial charge in [0.1, 0.15) is 0 Å². The Morgan fingerprint density at radius 1 is 0.929 bits per heavy atom. The SMILES string of the molecule is Cc1ccc([C@@H](CC(N)=O)c2cn(Cc3ccccc3)c3ccccc23)cc1. The van der Waals surface area contributed by atoms with Crippen LogP contribution in [-0.4, -0.2) is 10.5 Å². The maximum Gasteiger partial charge on any atom is 0.218 e. The molecule has 0 fully saturated rings. The smallest absolute Gasteiger partial charge is 0.218 e. The van der Waals surface area contributed by atoms with Crippen LogP contribution < -0.4 is 5.73 Å². The third-order valence-corrected chi connectivity index (χ3v) is 5.28. The van der Waals surface area contributed by atoms with Gasteiger partial charge in [-0.15, -0.1) is 0 Å². The molecule has 0 saturated heterocycles. The van der Waals surface area contributed by atoms with Gasteiger partial charge >= 0.3 is 0 Å². The molecule has 0 bridgehead atoms. The molecule has 2 N–H and O–H groups in total. The van der Waals surface area contributed by atoms with Crippen LogP contribution in [-0.2, 0) is 11.3 Å². The lowest BCUT2D eigenvalue weighted by atomic mass is 9.87. The molecule has 1 atom stereocenters. The summed E-state index contributed by atoms with van der Waals surface area (Å²) in [5.41, 5.74) is 11.5. The molecule has 1 aromatic heterocycles. The number of nitrogens with zero attached hydrogens (tertiary/aromatic N) is 1. The number of para-hydroxylation sites is 1. The maximum atomic E-state index is 11.9. The number of amides is 1. The molecule has 140 valence electrons. The van der Waals surface area contributed by atoms with E-state index in [0.29, 0.717) is 6.42 Å². The minimum atomic E-state index is -0.287. The molecule has 1 amide bonds. The Labute approximate surface area is 165 Å². The summed E-state index contributed by atoms with van der Waals surface area (Å²) in [4.78, 5) is 11.9. The zero-order valence-electron chi connectivity index (χ0n) is 16.0. The third kappa shape index (κ3) is 3.70. The van der Waals surface area contributed by atoms with Gasteiger partial charge in [0, 0.05) is 36.0 Å². The first-order valence-corrected chi connectivity index (χ1v) is 9.58. The molecule has 0 aliphatic heterocycles. The van der Waals surface area contributed by atoms with Gasteiger partial charge in [0.05, 0.1) is 0 Å². The number of hydrogen-bond donors (Lipinski definition) is 1. The fourth-order valence-electron chi connectivity index (χ4n) is 3.87. The summed E-state index contributed by atoms with van der Waals surface area (Å²) in [6.07, 6.45) is 2.48. The summed E-state index contributed by atoms with van der Waals surface area (Å²) < 4.78 is 2.27. The lowest BCUT2D eigenvalue weighted by Gasteiger charge is -2.16. The van der Waals surface area contributed by atoms with Crippen molar-refractivity contribution in [2.24, 2.45) is 5.73 Å². The number of rotatable bonds is 6. The highest BCUT2D eigenvalue weighted by Gasteiger charge is 2.21. The van der Waals surface area contributed by atoms with Gasteiger partial charge in [-0.3, -0.25) is 4.79 Å². The molecule has 0 radical (unpaired) electrons. The van der Waals surface area contributed by atoms with Crippen molar-refractivity contribution in [1.82, 2.24) is 4.57 Å². The van der Waals surface area contributed by atoms with Crippen molar-refractivity contribution in [2.45, 2.75) is 25.8 Å². The van der Waals surface area contributed by atoms with E-state index in [4.69, 9.17) is 5.73 Å². The summed E-state index contributed by atoms with van der Waals surface area (Å²) in [6, 6.07) is 27.2. The Morgan fingerprint density at radius 2 is 1.61 bits per heavy atom. The number of primary amides is 1. The van der Waals surface area contributed by atoms with E-state index in [2.05, 4.69) is 90.5 Å². The van der Waals surface area contributed by atoms with Crippen molar-refractivity contribution in [3.05, 3.63) is 107 Å². The molecular formula is C25H24N2O. The van der Waals surface area contributed by atoms with E-state index in [9.17, 15) is 4.79 Å². The molecule has 1 heterocycles. The summed E-state index contributed by atoms with van der Waals surface area (Å²) in [5, 5.41) is 1.17. The van der Waals surface area contributed by atoms with E-state index >= 15 is 0 Å². The van der Waals surface area contributed by atoms with E-state index < -0.39 is 0 Å². The van der Waals surface area contributed by atoms with Crippen LogP contribution in [0.4, 0.5) is 0 Å². The molecule has 0 unspecified atom stereocenters. The van der Waals surface area contributed by atoms with Crippen LogP contribution in [0, 0.1) is 6.92 Å². The molecule has 3 heteroatoms. The van der Waals surface area contributed by atoms with Crippen molar-refractivity contribution in [1.29, 1.82) is 0 Å². The quantitative estimate of drug-likeness (QED) is 0.511. The van der Waals surface area contributed by atoms with Gasteiger partial charge in [0.15, 0.2) is 0 Å². The van der Waals surface area contributed by atoms with Gasteiger partial charge in [0.25, 0.3) is 0 Å². The summed E-state index contributed by atoms with van der Waals surface area (Å²) >= 11 is 0. The minimum absolute atomic E-state index is 0.0555. The van der Waals surface area contributed by atoms with Crippen LogP contribution in [0.1, 0.15) is 34.6 Å². The second-order valence-electron chi connectivity index (χ2n) is 7.35. The van der Waals surface area contributed by atoms with Gasteiger partial charge in [-0.2, -0.15) is 0 Å². The first kappa shape index (κ1) is 18.1. The van der Waals surface area contributed by atoms with Crippen molar-refractivity contribution >= 4 is 16.8 Å². The zero-order chi connectivity index (χ0) is 19.5. The highest BCUT2D eigenvalue weighted by atomic mass is 16.1. The third-order valence-electron chi connectivity index (χ3n) is 5.28. The Morgan fingerprint density at radius 3 is 2.32 bits per heavy atom. The molecule has 0 spiro atoms. The molecule has 4 rings (SSSR count). The Bertz CT molecular complexity index is 1090. The fourth-order valence-corrected chi connectivity index (χ4v) is 3.87. The summed E-state index contributed by atoms with van der Waals surface area (Å²) in [6.45, 7) is 2.86. The average Bonchev–Trinajstić information content (AvgIpc) is 3.06. The molecule has 0 aliphatic rings. The fraction of sp³-hybridized carbons (Fsp3) is 0.160. The van der Waals surface area contributed by atoms with Crippen LogP contribution in [0.5, 0.6) is 0 Å². The molecule has 28 heavy (non-hydrogen) atoms. The average molecular weight is 368 g/mol. The lowest BCUT2D eigenvalue weighted by Crippen LogP contribution is -2.16. The van der Waals surface area contributed by atoms with Crippen molar-refractivity contribution in [3.8, 4) is 0 Å². The predicted molar refractivity (Wildman–Crippen MR) is 114 cm³/mol. The summed E-state index contributed by atoms with van der Waals surface area (Å²) in [5.74, 6) is -0.342. The minimum Gasteiger partial charge on any atom is -0.370 e. The van der Waals surface area contributed by atoms with Crippen LogP contribution in [0.2, 0.25) is 0 Å². The van der Waals surface area contributed by atoms with Gasteiger partial charge in [-0.05, 0) is 29.7 Å². The number of benzene rings is 3. The van der Waals surface area contributed by atoms with Crippen LogP contribution in [0.15, 0.2) is 85.1 Å². The summed E-state index contributed by atoms with van der Waals surface area (Å²) in [7, 11) is 0. The normalized spacial score (nSPS) is 12.2. The van der Waals surface area contributed by atoms with Gasteiger partial charge in [-0.25, -0.2) is 0 Å². The lowest BCUT2D eigenvalue weighted by molar-refractivity contribution is -0.118. The molecule has 0 saturated carbocycles. The van der Waals surface area contributed by atoms with Gasteiger partial charge in [-0.1, -0.05) is 78.4 Å². The number of hydrogen-bond acceptors (Lipinski definition) is 1. The standard InChI is InChI=1S/C25H24N2O/c1-18-11-13-20(14-12-18)22(15-25(26)28)23-17-27(16-19-7-3-2-4-8-19)24-10-6-5-9-21(23)24/h2-14,17,22H,15-16H2,1H3,(H2,26,28)/t22-/m1/s1. The molecule has 3 nitrogen and oxygen atoms in total. The number of aromatic nitrogens is 1. The van der Waals surface area contributed by atoms with Crippen LogP contribution in [0.3, 0.4) is 0 Å². The largest absolute Gasteiger partial charge is 0.370 e. The molecule has 3 aromatic carbocycles. The van der Waals surface area contributed by atoms with E-state index in [-0.39, 0.29) is 11.8 Å². The maximum absolute atomic E-state index is 11.9. The molecule has 0 aliphatic carbocycles. The van der Waals surface area contributed by atoms with E-state index in [1.807, 2.05) is 6.07 Å². The van der Waals surface area contributed by atoms with E-state index in [1.54, 1.807) is 0 Å². The number of nitrogens with two attached hydrogens (primary N) is 1. The van der Waals surface area contributed by atoms with Crippen LogP contribution >= 0.6 is 0 Å². The number of aryl methyl sites for hydroxylation is 1. The highest BCUT2D eigenvalue weighted by molar-refractivity contribution is 5.86. The van der Waals surface area contributed by atoms with E-state index in [1.165, 1.54) is 22.0 Å². The number of fused-ring (bicyclic) bond motifs is 1. The monoisotopic (exact) mass is 368 g/mol. The second-order valence-corrected chi connectivity index (χ2v) is 7.35. The Kier molecular flexibility index (Phi) is 4.98. The van der Waals surface area contributed by atoms with Gasteiger partial charge in [0.2, 0.25) is 5.91 Å². The first-order chi connectivity index (χ1) is 13.6. The molecular weight excluding hydrogens is 344 g/mol. The Hall–Kier alpha value is -3.33.